The molecule has 23 heavy (non-hydrogen) atoms. The summed E-state index contributed by atoms with van der Waals surface area (Å²) in [6.45, 7) is 2.20. The number of carbonyl (C=O) groups excluding carboxylic acids is 1. The lowest BCUT2D eigenvalue weighted by atomic mass is 9.95. The molecule has 0 spiro atoms. The van der Waals surface area contributed by atoms with Crippen molar-refractivity contribution in [1.82, 2.24) is 0 Å². The number of carboxylic acid groups (broad SMARTS) is 1. The second-order valence-corrected chi connectivity index (χ2v) is 5.87. The number of hydrogen-bond acceptors (Lipinski definition) is 2. The minimum absolute atomic E-state index is 0.0464. The van der Waals surface area contributed by atoms with Gasteiger partial charge in [0.25, 0.3) is 0 Å². The summed E-state index contributed by atoms with van der Waals surface area (Å²) in [5.74, 6) is -0.671. The van der Waals surface area contributed by atoms with Gasteiger partial charge < -0.3 is 5.11 Å². The fourth-order valence-electron chi connectivity index (χ4n) is 2.57. The van der Waals surface area contributed by atoms with Gasteiger partial charge in [0.2, 0.25) is 0 Å². The highest BCUT2D eigenvalue weighted by Crippen LogP contribution is 2.26. The van der Waals surface area contributed by atoms with Crippen molar-refractivity contribution in [2.45, 2.75) is 58.3 Å². The fourth-order valence-corrected chi connectivity index (χ4v) is 2.57. The maximum atomic E-state index is 11.8. The van der Waals surface area contributed by atoms with Gasteiger partial charge in [-0.1, -0.05) is 56.2 Å². The molecule has 0 saturated heterocycles. The lowest BCUT2D eigenvalue weighted by molar-refractivity contribution is -0.137. The minimum atomic E-state index is -0.783. The second kappa shape index (κ2) is 11.6. The largest absolute Gasteiger partial charge is 0.481 e. The zero-order valence-corrected chi connectivity index (χ0v) is 14.0. The summed E-state index contributed by atoms with van der Waals surface area (Å²) >= 11 is 0. The Morgan fingerprint density at radius 3 is 2.78 bits per heavy atom. The molecule has 0 heterocycles. The number of unbranched alkanes of at least 4 members (excludes halogenated alkanes) is 3. The van der Waals surface area contributed by atoms with Crippen LogP contribution in [0.15, 0.2) is 48.1 Å². The van der Waals surface area contributed by atoms with Crippen LogP contribution < -0.4 is 0 Å². The van der Waals surface area contributed by atoms with E-state index in [2.05, 4.69) is 19.1 Å². The van der Waals surface area contributed by atoms with Crippen molar-refractivity contribution in [3.8, 4) is 0 Å². The van der Waals surface area contributed by atoms with Gasteiger partial charge in [0, 0.05) is 17.9 Å². The Labute approximate surface area is 139 Å². The SMILES string of the molecule is CCCCC/C=C\C/C=C/C=C1/C(=O)C=C[C@@H]1CCCC(=O)O. The topological polar surface area (TPSA) is 54.4 Å². The molecule has 0 amide bonds. The van der Waals surface area contributed by atoms with Crippen molar-refractivity contribution in [2.24, 2.45) is 5.92 Å². The molecule has 0 radical (unpaired) electrons. The molecule has 0 aromatic rings. The quantitative estimate of drug-likeness (QED) is 0.331. The summed E-state index contributed by atoms with van der Waals surface area (Å²) in [5.41, 5.74) is 0.776. The Bertz CT molecular complexity index is 495. The van der Waals surface area contributed by atoms with Crippen LogP contribution in [0.1, 0.15) is 58.3 Å². The molecule has 0 aliphatic heterocycles. The zero-order valence-electron chi connectivity index (χ0n) is 14.0. The van der Waals surface area contributed by atoms with Crippen LogP contribution in [0.2, 0.25) is 0 Å². The average molecular weight is 316 g/mol. The van der Waals surface area contributed by atoms with Crippen LogP contribution in [0, 0.1) is 5.92 Å². The molecule has 0 aromatic carbocycles. The number of carboxylic acids is 1. The highest BCUT2D eigenvalue weighted by Gasteiger charge is 2.21. The molecular formula is C20H28O3. The highest BCUT2D eigenvalue weighted by molar-refractivity contribution is 6.07. The Hall–Kier alpha value is -1.90. The van der Waals surface area contributed by atoms with Crippen molar-refractivity contribution in [3.63, 3.8) is 0 Å². The molecule has 126 valence electrons. The molecule has 0 aromatic heterocycles. The van der Waals surface area contributed by atoms with Crippen molar-refractivity contribution in [2.75, 3.05) is 0 Å². The first kappa shape index (κ1) is 19.1. The van der Waals surface area contributed by atoms with Crippen LogP contribution in [0.3, 0.4) is 0 Å². The maximum Gasteiger partial charge on any atom is 0.303 e. The number of carbonyl (C=O) groups is 2. The first-order valence-electron chi connectivity index (χ1n) is 8.61. The predicted octanol–water partition coefficient (Wildman–Crippen LogP) is 5.01. The van der Waals surface area contributed by atoms with Crippen LogP contribution in [0.25, 0.3) is 0 Å². The predicted molar refractivity (Wildman–Crippen MR) is 94.2 cm³/mol. The van der Waals surface area contributed by atoms with E-state index < -0.39 is 5.97 Å². The number of allylic oxidation sites excluding steroid dienone is 8. The lowest BCUT2D eigenvalue weighted by Gasteiger charge is -2.08. The van der Waals surface area contributed by atoms with Gasteiger partial charge in [0.15, 0.2) is 5.78 Å². The number of ketones is 1. The van der Waals surface area contributed by atoms with E-state index in [1.165, 1.54) is 19.3 Å². The minimum Gasteiger partial charge on any atom is -0.481 e. The van der Waals surface area contributed by atoms with Crippen molar-refractivity contribution >= 4 is 11.8 Å². The second-order valence-electron chi connectivity index (χ2n) is 5.87. The first-order valence-corrected chi connectivity index (χ1v) is 8.61. The van der Waals surface area contributed by atoms with E-state index in [-0.39, 0.29) is 18.1 Å². The standard InChI is InChI=1S/C20H28O3/c1-2-3-4-5-6-7-8-9-10-13-18-17(15-16-19(18)21)12-11-14-20(22)23/h6-7,9-10,13,15-17H,2-5,8,11-12,14H2,1H3,(H,22,23)/b7-6-,10-9+,18-13+/t17-/m0/s1. The average Bonchev–Trinajstić information content (AvgIpc) is 2.86. The Morgan fingerprint density at radius 2 is 2.04 bits per heavy atom. The smallest absolute Gasteiger partial charge is 0.303 e. The lowest BCUT2D eigenvalue weighted by Crippen LogP contribution is -2.04. The number of hydrogen-bond donors (Lipinski definition) is 1. The maximum absolute atomic E-state index is 11.8. The third-order valence-electron chi connectivity index (χ3n) is 3.89. The molecule has 1 aliphatic rings. The molecule has 3 heteroatoms. The molecule has 0 saturated carbocycles. The molecule has 1 rings (SSSR count). The Morgan fingerprint density at radius 1 is 1.22 bits per heavy atom. The van der Waals surface area contributed by atoms with Crippen molar-refractivity contribution < 1.29 is 14.7 Å². The molecule has 1 atom stereocenters. The van der Waals surface area contributed by atoms with E-state index >= 15 is 0 Å². The monoisotopic (exact) mass is 316 g/mol. The third kappa shape index (κ3) is 8.34. The Kier molecular flexibility index (Phi) is 9.69. The molecule has 1 N–H and O–H groups in total. The van der Waals surface area contributed by atoms with Crippen molar-refractivity contribution in [3.05, 3.63) is 48.1 Å². The van der Waals surface area contributed by atoms with E-state index in [0.29, 0.717) is 12.8 Å². The van der Waals surface area contributed by atoms with E-state index in [1.54, 1.807) is 6.08 Å². The Balaban J connectivity index is 2.36. The summed E-state index contributed by atoms with van der Waals surface area (Å²) in [4.78, 5) is 22.4. The first-order chi connectivity index (χ1) is 11.1. The summed E-state index contributed by atoms with van der Waals surface area (Å²) in [6.07, 6.45) is 21.0. The van der Waals surface area contributed by atoms with E-state index in [9.17, 15) is 9.59 Å². The fraction of sp³-hybridized carbons (Fsp3) is 0.500. The summed E-state index contributed by atoms with van der Waals surface area (Å²) in [5, 5.41) is 8.68. The van der Waals surface area contributed by atoms with Crippen LogP contribution >= 0.6 is 0 Å². The molecule has 0 unspecified atom stereocenters. The summed E-state index contributed by atoms with van der Waals surface area (Å²) in [7, 11) is 0. The van der Waals surface area contributed by atoms with Gasteiger partial charge in [0.05, 0.1) is 0 Å². The normalized spacial score (nSPS) is 19.6. The van der Waals surface area contributed by atoms with Crippen LogP contribution in [0.4, 0.5) is 0 Å². The third-order valence-corrected chi connectivity index (χ3v) is 3.89. The van der Waals surface area contributed by atoms with Crippen molar-refractivity contribution in [1.29, 1.82) is 0 Å². The van der Waals surface area contributed by atoms with E-state index in [1.807, 2.05) is 24.3 Å². The highest BCUT2D eigenvalue weighted by atomic mass is 16.4. The molecule has 0 fully saturated rings. The number of aliphatic carboxylic acids is 1. The van der Waals surface area contributed by atoms with Crippen LogP contribution in [-0.4, -0.2) is 16.9 Å². The van der Waals surface area contributed by atoms with E-state index in [4.69, 9.17) is 5.11 Å². The van der Waals surface area contributed by atoms with Gasteiger partial charge in [-0.3, -0.25) is 9.59 Å². The zero-order chi connectivity index (χ0) is 16.9. The van der Waals surface area contributed by atoms with Crippen LogP contribution in [-0.2, 0) is 9.59 Å². The van der Waals surface area contributed by atoms with Gasteiger partial charge in [-0.2, -0.15) is 0 Å². The molecule has 3 nitrogen and oxygen atoms in total. The van der Waals surface area contributed by atoms with E-state index in [0.717, 1.165) is 18.4 Å². The van der Waals surface area contributed by atoms with Gasteiger partial charge in [-0.15, -0.1) is 0 Å². The summed E-state index contributed by atoms with van der Waals surface area (Å²) in [6, 6.07) is 0. The molecule has 0 bridgehead atoms. The number of rotatable bonds is 11. The van der Waals surface area contributed by atoms with Gasteiger partial charge in [-0.05, 0) is 38.2 Å². The van der Waals surface area contributed by atoms with Gasteiger partial charge in [-0.25, -0.2) is 0 Å². The van der Waals surface area contributed by atoms with Gasteiger partial charge in [0.1, 0.15) is 0 Å². The molecular weight excluding hydrogens is 288 g/mol. The van der Waals surface area contributed by atoms with Crippen LogP contribution in [0.5, 0.6) is 0 Å². The summed E-state index contributed by atoms with van der Waals surface area (Å²) < 4.78 is 0. The molecule has 1 aliphatic carbocycles. The van der Waals surface area contributed by atoms with Gasteiger partial charge >= 0.3 is 5.97 Å².